The zero-order chi connectivity index (χ0) is 13.0. The van der Waals surface area contributed by atoms with Gasteiger partial charge in [0.1, 0.15) is 5.75 Å². The molecule has 1 aliphatic rings. The van der Waals surface area contributed by atoms with Gasteiger partial charge < -0.3 is 10.1 Å². The third-order valence-electron chi connectivity index (χ3n) is 3.18. The standard InChI is InChI=1S/C15H20ClNO/c1-11(4-3-6-17-2)8-13-10-14(16)9-12-5-7-18-15(12)13/h4,9-10,17H,3,5-8H2,1-2H3/b11-4-. The number of hydrogen-bond donors (Lipinski definition) is 1. The maximum Gasteiger partial charge on any atom is 0.126 e. The molecule has 0 bridgehead atoms. The first-order chi connectivity index (χ1) is 8.70. The maximum absolute atomic E-state index is 6.15. The van der Waals surface area contributed by atoms with Gasteiger partial charge in [-0.05, 0) is 56.6 Å². The predicted molar refractivity (Wildman–Crippen MR) is 76.7 cm³/mol. The van der Waals surface area contributed by atoms with E-state index in [9.17, 15) is 0 Å². The van der Waals surface area contributed by atoms with E-state index in [1.807, 2.05) is 19.2 Å². The van der Waals surface area contributed by atoms with Crippen molar-refractivity contribution >= 4 is 11.6 Å². The number of fused-ring (bicyclic) bond motifs is 1. The Hall–Kier alpha value is -0.990. The summed E-state index contributed by atoms with van der Waals surface area (Å²) in [5.74, 6) is 1.06. The molecule has 0 fully saturated rings. The smallest absolute Gasteiger partial charge is 0.126 e. The van der Waals surface area contributed by atoms with Crippen LogP contribution in [0.3, 0.4) is 0 Å². The van der Waals surface area contributed by atoms with Gasteiger partial charge in [-0.3, -0.25) is 0 Å². The van der Waals surface area contributed by atoms with Crippen molar-refractivity contribution in [3.8, 4) is 5.75 Å². The van der Waals surface area contributed by atoms with Crippen molar-refractivity contribution < 1.29 is 4.74 Å². The first-order valence-electron chi connectivity index (χ1n) is 6.45. The second kappa shape index (κ2) is 6.26. The van der Waals surface area contributed by atoms with Gasteiger partial charge in [0, 0.05) is 11.4 Å². The van der Waals surface area contributed by atoms with E-state index in [1.54, 1.807) is 0 Å². The van der Waals surface area contributed by atoms with Crippen LogP contribution in [-0.4, -0.2) is 20.2 Å². The SMILES string of the molecule is CNCC/C=C(/C)Cc1cc(Cl)cc2c1OCC2. The number of hydrogen-bond acceptors (Lipinski definition) is 2. The molecule has 1 aromatic carbocycles. The molecule has 1 aliphatic heterocycles. The summed E-state index contributed by atoms with van der Waals surface area (Å²) in [7, 11) is 1.97. The molecule has 1 N–H and O–H groups in total. The molecule has 0 spiro atoms. The topological polar surface area (TPSA) is 21.3 Å². The summed E-state index contributed by atoms with van der Waals surface area (Å²) in [5, 5.41) is 3.96. The largest absolute Gasteiger partial charge is 0.493 e. The Morgan fingerprint density at radius 3 is 3.11 bits per heavy atom. The number of rotatable bonds is 5. The van der Waals surface area contributed by atoms with Crippen LogP contribution in [0.15, 0.2) is 23.8 Å². The summed E-state index contributed by atoms with van der Waals surface area (Å²) in [6, 6.07) is 4.05. The molecule has 0 aromatic heterocycles. The van der Waals surface area contributed by atoms with Crippen molar-refractivity contribution in [3.05, 3.63) is 39.9 Å². The lowest BCUT2D eigenvalue weighted by Gasteiger charge is -2.09. The van der Waals surface area contributed by atoms with E-state index < -0.39 is 0 Å². The molecule has 0 aliphatic carbocycles. The van der Waals surface area contributed by atoms with E-state index >= 15 is 0 Å². The van der Waals surface area contributed by atoms with Gasteiger partial charge in [0.2, 0.25) is 0 Å². The Morgan fingerprint density at radius 1 is 1.50 bits per heavy atom. The van der Waals surface area contributed by atoms with Crippen LogP contribution in [-0.2, 0) is 12.8 Å². The first-order valence-corrected chi connectivity index (χ1v) is 6.83. The van der Waals surface area contributed by atoms with Gasteiger partial charge in [-0.25, -0.2) is 0 Å². The van der Waals surface area contributed by atoms with Crippen LogP contribution in [0.1, 0.15) is 24.5 Å². The average molecular weight is 266 g/mol. The molecule has 18 heavy (non-hydrogen) atoms. The maximum atomic E-state index is 6.15. The Kier molecular flexibility index (Phi) is 4.67. The van der Waals surface area contributed by atoms with E-state index in [1.165, 1.54) is 16.7 Å². The van der Waals surface area contributed by atoms with E-state index in [2.05, 4.69) is 18.3 Å². The molecule has 3 heteroatoms. The van der Waals surface area contributed by atoms with E-state index in [-0.39, 0.29) is 0 Å². The van der Waals surface area contributed by atoms with Gasteiger partial charge in [-0.1, -0.05) is 23.3 Å². The second-order valence-corrected chi connectivity index (χ2v) is 5.21. The highest BCUT2D eigenvalue weighted by Crippen LogP contribution is 2.34. The molecule has 0 atom stereocenters. The fraction of sp³-hybridized carbons (Fsp3) is 0.467. The van der Waals surface area contributed by atoms with Crippen LogP contribution in [0.4, 0.5) is 0 Å². The van der Waals surface area contributed by atoms with Gasteiger partial charge in [-0.2, -0.15) is 0 Å². The minimum Gasteiger partial charge on any atom is -0.493 e. The zero-order valence-corrected chi connectivity index (χ0v) is 11.8. The lowest BCUT2D eigenvalue weighted by molar-refractivity contribution is 0.354. The van der Waals surface area contributed by atoms with Gasteiger partial charge in [0.15, 0.2) is 0 Å². The summed E-state index contributed by atoms with van der Waals surface area (Å²) in [5.41, 5.74) is 3.83. The van der Waals surface area contributed by atoms with Crippen LogP contribution in [0.5, 0.6) is 5.75 Å². The third kappa shape index (κ3) is 3.27. The Balaban J connectivity index is 2.12. The normalized spacial score (nSPS) is 14.5. The molecule has 0 saturated carbocycles. The number of ether oxygens (including phenoxy) is 1. The Morgan fingerprint density at radius 2 is 2.33 bits per heavy atom. The summed E-state index contributed by atoms with van der Waals surface area (Å²) >= 11 is 6.15. The number of benzene rings is 1. The quantitative estimate of drug-likeness (QED) is 0.651. The van der Waals surface area contributed by atoms with Gasteiger partial charge in [-0.15, -0.1) is 0 Å². The number of nitrogens with one attached hydrogen (secondary N) is 1. The van der Waals surface area contributed by atoms with Crippen molar-refractivity contribution in [1.29, 1.82) is 0 Å². The van der Waals surface area contributed by atoms with Gasteiger partial charge >= 0.3 is 0 Å². The molecule has 0 unspecified atom stereocenters. The van der Waals surface area contributed by atoms with Crippen molar-refractivity contribution in [2.75, 3.05) is 20.2 Å². The second-order valence-electron chi connectivity index (χ2n) is 4.77. The number of halogens is 1. The number of allylic oxidation sites excluding steroid dienone is 1. The molecule has 2 nitrogen and oxygen atoms in total. The van der Waals surface area contributed by atoms with E-state index in [0.717, 1.165) is 43.2 Å². The van der Waals surface area contributed by atoms with Crippen LogP contribution in [0, 0.1) is 0 Å². The monoisotopic (exact) mass is 265 g/mol. The van der Waals surface area contributed by atoms with Crippen LogP contribution >= 0.6 is 11.6 Å². The highest BCUT2D eigenvalue weighted by molar-refractivity contribution is 6.30. The average Bonchev–Trinajstić information content (AvgIpc) is 2.77. The summed E-state index contributed by atoms with van der Waals surface area (Å²) in [6.07, 6.45) is 5.24. The highest BCUT2D eigenvalue weighted by atomic mass is 35.5. The molecule has 1 heterocycles. The van der Waals surface area contributed by atoms with Crippen molar-refractivity contribution in [3.63, 3.8) is 0 Å². The van der Waals surface area contributed by atoms with E-state index in [4.69, 9.17) is 16.3 Å². The molecular weight excluding hydrogens is 246 g/mol. The third-order valence-corrected chi connectivity index (χ3v) is 3.40. The molecule has 1 aromatic rings. The van der Waals surface area contributed by atoms with E-state index in [0.29, 0.717) is 0 Å². The summed E-state index contributed by atoms with van der Waals surface area (Å²) < 4.78 is 5.71. The zero-order valence-electron chi connectivity index (χ0n) is 11.1. The lowest BCUT2D eigenvalue weighted by Crippen LogP contribution is -2.06. The molecule has 0 amide bonds. The molecular formula is C15H20ClNO. The Bertz CT molecular complexity index is 454. The first kappa shape index (κ1) is 13.4. The summed E-state index contributed by atoms with van der Waals surface area (Å²) in [6.45, 7) is 3.96. The minimum absolute atomic E-state index is 0.783. The molecule has 98 valence electrons. The lowest BCUT2D eigenvalue weighted by atomic mass is 10.0. The van der Waals surface area contributed by atoms with Gasteiger partial charge in [0.05, 0.1) is 6.61 Å². The van der Waals surface area contributed by atoms with Gasteiger partial charge in [0.25, 0.3) is 0 Å². The Labute approximate surface area is 114 Å². The fourth-order valence-electron chi connectivity index (χ4n) is 2.31. The summed E-state index contributed by atoms with van der Waals surface area (Å²) in [4.78, 5) is 0. The van der Waals surface area contributed by atoms with Crippen LogP contribution < -0.4 is 10.1 Å². The molecule has 2 rings (SSSR count). The van der Waals surface area contributed by atoms with Crippen LogP contribution in [0.25, 0.3) is 0 Å². The van der Waals surface area contributed by atoms with Crippen LogP contribution in [0.2, 0.25) is 5.02 Å². The molecule has 0 radical (unpaired) electrons. The van der Waals surface area contributed by atoms with Crippen molar-refractivity contribution in [1.82, 2.24) is 5.32 Å². The minimum atomic E-state index is 0.783. The molecule has 0 saturated heterocycles. The fourth-order valence-corrected chi connectivity index (χ4v) is 2.58. The van der Waals surface area contributed by atoms with Crippen molar-refractivity contribution in [2.24, 2.45) is 0 Å². The highest BCUT2D eigenvalue weighted by Gasteiger charge is 2.17. The van der Waals surface area contributed by atoms with Crippen molar-refractivity contribution in [2.45, 2.75) is 26.2 Å². The predicted octanol–water partition coefficient (Wildman–Crippen LogP) is 3.37.